The summed E-state index contributed by atoms with van der Waals surface area (Å²) >= 11 is 14.5. The van der Waals surface area contributed by atoms with E-state index in [9.17, 15) is 4.79 Å². The number of hydrogen-bond acceptors (Lipinski definition) is 14. The summed E-state index contributed by atoms with van der Waals surface area (Å²) in [6.45, 7) is 12.8. The molecule has 18 heteroatoms. The van der Waals surface area contributed by atoms with Gasteiger partial charge in [0.25, 0.3) is 0 Å². The molecule has 0 aliphatic carbocycles. The Morgan fingerprint density at radius 1 is 0.586 bits per heavy atom. The summed E-state index contributed by atoms with van der Waals surface area (Å²) in [5.41, 5.74) is 17.1. The number of thiophene rings is 3. The Morgan fingerprint density at radius 3 is 1.23 bits per heavy atom. The lowest BCUT2D eigenvalue weighted by atomic mass is 10.1. The third kappa shape index (κ3) is 17.7. The maximum atomic E-state index is 11.8. The molecule has 9 heterocycles. The lowest BCUT2D eigenvalue weighted by molar-refractivity contribution is 0.0524. The van der Waals surface area contributed by atoms with E-state index in [4.69, 9.17) is 57.4 Å². The summed E-state index contributed by atoms with van der Waals surface area (Å²) in [5, 5.41) is 2.97. The SMILES string of the molecule is CC(C)(C)OC(=O)NCc1ccc(-c2cnccc2-c2ccco2)s1.CCOCC.Cl.ClCCl.NCc1ccc(-c2cnccc2-c2ccco2)s1.NCc1ccc(-c2cnccc2-c2ccco2)s1. The van der Waals surface area contributed by atoms with Crippen LogP contribution in [0, 0.1) is 0 Å². The lowest BCUT2D eigenvalue weighted by Gasteiger charge is -2.19. The number of carbonyl (C=O) groups excluding carboxylic acids is 1. The Morgan fingerprint density at radius 2 is 0.943 bits per heavy atom. The molecule has 0 aliphatic rings. The molecule has 370 valence electrons. The van der Waals surface area contributed by atoms with Gasteiger partial charge in [-0.15, -0.1) is 69.6 Å². The molecule has 0 aromatic carbocycles. The predicted octanol–water partition coefficient (Wildman–Crippen LogP) is 15.0. The molecule has 70 heavy (non-hydrogen) atoms. The Kier molecular flexibility index (Phi) is 24.6. The van der Waals surface area contributed by atoms with Gasteiger partial charge in [0.2, 0.25) is 0 Å². The largest absolute Gasteiger partial charge is 0.464 e. The summed E-state index contributed by atoms with van der Waals surface area (Å²) in [5.74, 6) is 2.52. The molecule has 0 unspecified atom stereocenters. The average Bonchev–Trinajstić information content (AvgIpc) is 4.22. The van der Waals surface area contributed by atoms with E-state index in [1.54, 1.807) is 71.4 Å². The van der Waals surface area contributed by atoms with E-state index >= 15 is 0 Å². The molecule has 1 amide bonds. The molecule has 0 saturated carbocycles. The monoisotopic (exact) mass is 1060 g/mol. The second kappa shape index (κ2) is 30.2. The van der Waals surface area contributed by atoms with Crippen LogP contribution < -0.4 is 16.8 Å². The molecule has 0 fully saturated rings. The van der Waals surface area contributed by atoms with Crippen molar-refractivity contribution in [1.29, 1.82) is 0 Å². The highest BCUT2D eigenvalue weighted by Crippen LogP contribution is 2.38. The van der Waals surface area contributed by atoms with E-state index < -0.39 is 11.7 Å². The maximum Gasteiger partial charge on any atom is 0.407 e. The third-order valence-corrected chi connectivity index (χ3v) is 12.6. The van der Waals surface area contributed by atoms with E-state index in [-0.39, 0.29) is 17.7 Å². The minimum absolute atomic E-state index is 0. The molecular formula is C52H57Cl3N6O6S3. The van der Waals surface area contributed by atoms with Crippen molar-refractivity contribution < 1.29 is 27.5 Å². The Labute approximate surface area is 437 Å². The molecule has 9 aromatic heterocycles. The summed E-state index contributed by atoms with van der Waals surface area (Å²) in [6.07, 6.45) is 15.5. The first-order chi connectivity index (χ1) is 33.5. The molecule has 12 nitrogen and oxygen atoms in total. The molecule has 0 bridgehead atoms. The van der Waals surface area contributed by atoms with Crippen LogP contribution in [0.25, 0.3) is 65.3 Å². The van der Waals surface area contributed by atoms with Crippen LogP contribution in [-0.4, -0.2) is 45.2 Å². The molecule has 0 spiro atoms. The highest BCUT2D eigenvalue weighted by Gasteiger charge is 2.17. The fourth-order valence-electron chi connectivity index (χ4n) is 6.27. The molecule has 0 saturated heterocycles. The quantitative estimate of drug-likeness (QED) is 0.0992. The normalized spacial score (nSPS) is 10.4. The van der Waals surface area contributed by atoms with Crippen LogP contribution >= 0.6 is 69.6 Å². The Bertz CT molecular complexity index is 2710. The van der Waals surface area contributed by atoms with Gasteiger partial charge in [0.05, 0.1) is 30.7 Å². The van der Waals surface area contributed by atoms with Gasteiger partial charge in [-0.1, -0.05) is 0 Å². The van der Waals surface area contributed by atoms with Crippen LogP contribution in [0.15, 0.2) is 160 Å². The second-order valence-electron chi connectivity index (χ2n) is 15.1. The number of nitrogens with zero attached hydrogens (tertiary/aromatic N) is 3. The smallest absolute Gasteiger partial charge is 0.407 e. The fourth-order valence-corrected chi connectivity index (χ4v) is 9.07. The second-order valence-corrected chi connectivity index (χ2v) is 19.5. The molecule has 0 atom stereocenters. The number of ether oxygens (including phenoxy) is 2. The minimum Gasteiger partial charge on any atom is -0.464 e. The molecular weight excluding hydrogens is 1010 g/mol. The fraction of sp³-hybridized carbons (Fsp3) is 0.231. The molecule has 9 rings (SSSR count). The molecule has 0 aliphatic heterocycles. The van der Waals surface area contributed by atoms with Crippen LogP contribution in [0.4, 0.5) is 4.79 Å². The number of halogens is 3. The maximum absolute atomic E-state index is 11.8. The Hall–Kier alpha value is -5.59. The van der Waals surface area contributed by atoms with Crippen molar-refractivity contribution >= 4 is 75.7 Å². The predicted molar refractivity (Wildman–Crippen MR) is 291 cm³/mol. The summed E-state index contributed by atoms with van der Waals surface area (Å²) in [7, 11) is 0. The zero-order valence-corrected chi connectivity index (χ0v) is 44.2. The summed E-state index contributed by atoms with van der Waals surface area (Å²) in [4.78, 5) is 31.2. The zero-order valence-electron chi connectivity index (χ0n) is 39.4. The van der Waals surface area contributed by atoms with Gasteiger partial charge in [-0.25, -0.2) is 4.79 Å². The number of hydrogen-bond donors (Lipinski definition) is 3. The van der Waals surface area contributed by atoms with Crippen LogP contribution in [0.5, 0.6) is 0 Å². The molecule has 9 aromatic rings. The highest BCUT2D eigenvalue weighted by molar-refractivity contribution is 7.16. The topological polar surface area (TPSA) is 178 Å². The van der Waals surface area contributed by atoms with Crippen molar-refractivity contribution in [2.45, 2.75) is 59.9 Å². The zero-order chi connectivity index (χ0) is 49.4. The van der Waals surface area contributed by atoms with E-state index in [0.29, 0.717) is 19.6 Å². The van der Waals surface area contributed by atoms with Crippen molar-refractivity contribution in [2.75, 3.05) is 18.6 Å². The summed E-state index contributed by atoms with van der Waals surface area (Å²) < 4.78 is 26.5. The number of alkyl carbamates (subject to hydrolysis) is 1. The number of amides is 1. The van der Waals surface area contributed by atoms with Gasteiger partial charge >= 0.3 is 6.09 Å². The van der Waals surface area contributed by atoms with Gasteiger partial charge < -0.3 is 39.5 Å². The number of pyridine rings is 3. The van der Waals surface area contributed by atoms with Crippen molar-refractivity contribution in [3.63, 3.8) is 0 Å². The van der Waals surface area contributed by atoms with Crippen molar-refractivity contribution in [2.24, 2.45) is 11.5 Å². The first kappa shape index (κ1) is 57.0. The van der Waals surface area contributed by atoms with Crippen LogP contribution in [0.3, 0.4) is 0 Å². The van der Waals surface area contributed by atoms with Crippen molar-refractivity contribution in [1.82, 2.24) is 20.3 Å². The summed E-state index contributed by atoms with van der Waals surface area (Å²) in [6, 6.07) is 29.6. The van der Waals surface area contributed by atoms with Crippen molar-refractivity contribution in [3.8, 4) is 65.3 Å². The van der Waals surface area contributed by atoms with Gasteiger partial charge in [0, 0.05) is 126 Å². The third-order valence-electron chi connectivity index (χ3n) is 9.22. The molecule has 5 N–H and O–H groups in total. The minimum atomic E-state index is -0.502. The number of carbonyl (C=O) groups is 1. The number of furan rings is 3. The van der Waals surface area contributed by atoms with Crippen LogP contribution in [0.2, 0.25) is 0 Å². The number of alkyl halides is 2. The molecule has 0 radical (unpaired) electrons. The lowest BCUT2D eigenvalue weighted by Crippen LogP contribution is -2.31. The van der Waals surface area contributed by atoms with Crippen molar-refractivity contribution in [3.05, 3.63) is 162 Å². The number of nitrogens with one attached hydrogen (secondary N) is 1. The number of aromatic nitrogens is 3. The van der Waals surface area contributed by atoms with Gasteiger partial charge in [-0.05, 0) is 126 Å². The standard InChI is InChI=1S/C19H20N2O3S.2C14H12N2OS.C4H10O.CH2Cl2.ClH/c1-19(2,3)24-18(22)21-11-13-6-7-17(25-13)15-12-20-9-8-14(15)16-5-4-10-23-16;2*15-8-10-3-4-14(18-10)12-9-16-6-5-11(12)13-2-1-7-17-13;1-3-5-4-2;2-1-3;/h4-10,12H,11H2,1-3H3,(H,21,22);2*1-7,9H,8,15H2;3-4H2,1-2H3;1H2;1H. The number of rotatable bonds is 12. The van der Waals surface area contributed by atoms with Gasteiger partial charge in [-0.2, -0.15) is 0 Å². The highest BCUT2D eigenvalue weighted by atomic mass is 35.5. The average molecular weight is 1060 g/mol. The van der Waals surface area contributed by atoms with E-state index in [1.165, 1.54) is 9.75 Å². The van der Waals surface area contributed by atoms with Crippen LogP contribution in [0.1, 0.15) is 49.3 Å². The first-order valence-electron chi connectivity index (χ1n) is 21.8. The van der Waals surface area contributed by atoms with E-state index in [2.05, 4.69) is 44.5 Å². The number of nitrogens with two attached hydrogens (primary N) is 2. The van der Waals surface area contributed by atoms with E-state index in [1.807, 2.05) is 120 Å². The Balaban J connectivity index is 0.000000213. The van der Waals surface area contributed by atoms with E-state index in [0.717, 1.165) is 83.4 Å². The first-order valence-corrected chi connectivity index (χ1v) is 25.3. The van der Waals surface area contributed by atoms with Gasteiger partial charge in [0.15, 0.2) is 0 Å². The van der Waals surface area contributed by atoms with Gasteiger partial charge in [0.1, 0.15) is 22.9 Å². The van der Waals surface area contributed by atoms with Crippen LogP contribution in [-0.2, 0) is 29.1 Å². The van der Waals surface area contributed by atoms with Gasteiger partial charge in [-0.3, -0.25) is 15.0 Å².